The van der Waals surface area contributed by atoms with Gasteiger partial charge in [0.25, 0.3) is 5.56 Å². The minimum absolute atomic E-state index is 0.0913. The number of nitrogen functional groups attached to an aromatic ring is 1. The first-order valence-corrected chi connectivity index (χ1v) is 5.87. The van der Waals surface area contributed by atoms with Gasteiger partial charge in [-0.25, -0.2) is 0 Å². The number of hydrogen-bond donors (Lipinski definition) is 3. The summed E-state index contributed by atoms with van der Waals surface area (Å²) < 4.78 is 0.0977. The van der Waals surface area contributed by atoms with Crippen LogP contribution in [-0.2, 0) is 4.79 Å². The number of aromatic amines is 2. The van der Waals surface area contributed by atoms with Crippen LogP contribution in [0.4, 0.5) is 11.5 Å². The fourth-order valence-corrected chi connectivity index (χ4v) is 2.16. The Bertz CT molecular complexity index is 672. The fourth-order valence-electron chi connectivity index (χ4n) is 1.97. The molecule has 2 heterocycles. The van der Waals surface area contributed by atoms with Crippen molar-refractivity contribution in [3.8, 4) is 0 Å². The number of H-pyrrole nitrogens is 2. The number of carbonyl (C=O) groups excluding carboxylic acids is 1. The molecule has 0 saturated carbocycles. The predicted octanol–water partition coefficient (Wildman–Crippen LogP) is 0.678. The lowest BCUT2D eigenvalue weighted by Crippen LogP contribution is -2.29. The van der Waals surface area contributed by atoms with E-state index in [1.54, 1.807) is 0 Å². The summed E-state index contributed by atoms with van der Waals surface area (Å²) in [5.41, 5.74) is 13.3. The lowest BCUT2D eigenvalue weighted by molar-refractivity contribution is -0.117. The summed E-state index contributed by atoms with van der Waals surface area (Å²) in [5, 5.41) is 3.45. The van der Waals surface area contributed by atoms with Crippen LogP contribution in [0.2, 0.25) is 0 Å². The van der Waals surface area contributed by atoms with Crippen molar-refractivity contribution in [2.45, 2.75) is 6.42 Å². The first kappa shape index (κ1) is 13.1. The van der Waals surface area contributed by atoms with Crippen molar-refractivity contribution in [3.05, 3.63) is 25.6 Å². The second kappa shape index (κ2) is 5.12. The third-order valence-electron chi connectivity index (χ3n) is 2.84. The van der Waals surface area contributed by atoms with Gasteiger partial charge in [-0.2, -0.15) is 0 Å². The minimum atomic E-state index is -0.537. The van der Waals surface area contributed by atoms with Crippen molar-refractivity contribution in [3.63, 3.8) is 0 Å². The molecule has 1 aromatic rings. The molecular formula is C9H11N7O2S. The van der Waals surface area contributed by atoms with Crippen molar-refractivity contribution >= 4 is 29.6 Å². The van der Waals surface area contributed by atoms with E-state index in [0.717, 1.165) is 0 Å². The molecule has 1 amide bonds. The molecule has 1 unspecified atom stereocenters. The molecule has 100 valence electrons. The van der Waals surface area contributed by atoms with Gasteiger partial charge in [0.15, 0.2) is 4.77 Å². The summed E-state index contributed by atoms with van der Waals surface area (Å²) in [7, 11) is 0. The molecule has 1 atom stereocenters. The zero-order chi connectivity index (χ0) is 14.0. The van der Waals surface area contributed by atoms with Gasteiger partial charge >= 0.3 is 0 Å². The lowest BCUT2D eigenvalue weighted by atomic mass is 10.1. The minimum Gasteiger partial charge on any atom is -0.391 e. The quantitative estimate of drug-likeness (QED) is 0.324. The van der Waals surface area contributed by atoms with Crippen molar-refractivity contribution in [1.29, 1.82) is 0 Å². The van der Waals surface area contributed by atoms with Gasteiger partial charge in [-0.1, -0.05) is 5.11 Å². The number of nitrogens with zero attached hydrogens (tertiary/aromatic N) is 4. The smallest absolute Gasteiger partial charge is 0.277 e. The van der Waals surface area contributed by atoms with E-state index >= 15 is 0 Å². The molecular weight excluding hydrogens is 270 g/mol. The van der Waals surface area contributed by atoms with E-state index in [9.17, 15) is 9.59 Å². The second-order valence-corrected chi connectivity index (χ2v) is 4.57. The summed E-state index contributed by atoms with van der Waals surface area (Å²) in [6, 6.07) is 0. The van der Waals surface area contributed by atoms with Crippen LogP contribution in [0.3, 0.4) is 0 Å². The fraction of sp³-hybridized carbons (Fsp3) is 0.444. The van der Waals surface area contributed by atoms with E-state index in [1.165, 1.54) is 4.90 Å². The Balaban J connectivity index is 2.33. The Hall–Kier alpha value is -2.32. The average molecular weight is 281 g/mol. The molecule has 1 aliphatic rings. The van der Waals surface area contributed by atoms with Gasteiger partial charge in [-0.15, -0.1) is 0 Å². The van der Waals surface area contributed by atoms with Gasteiger partial charge in [0, 0.05) is 24.4 Å². The van der Waals surface area contributed by atoms with Crippen LogP contribution in [0, 0.1) is 10.7 Å². The lowest BCUT2D eigenvalue weighted by Gasteiger charge is -2.17. The Morgan fingerprint density at radius 1 is 1.53 bits per heavy atom. The summed E-state index contributed by atoms with van der Waals surface area (Å²) in [4.78, 5) is 32.5. The Morgan fingerprint density at radius 2 is 2.26 bits per heavy atom. The monoisotopic (exact) mass is 281 g/mol. The highest BCUT2D eigenvalue weighted by Crippen LogP contribution is 2.25. The number of rotatable bonds is 3. The molecule has 2 rings (SSSR count). The highest BCUT2D eigenvalue weighted by molar-refractivity contribution is 7.71. The van der Waals surface area contributed by atoms with Crippen molar-refractivity contribution in [2.75, 3.05) is 23.7 Å². The third kappa shape index (κ3) is 2.59. The average Bonchev–Trinajstić information content (AvgIpc) is 2.72. The van der Waals surface area contributed by atoms with E-state index in [0.29, 0.717) is 6.54 Å². The SMILES string of the molecule is [N-]=[N+]=NCC1CC(=O)N(c2[nH]c(=S)[nH]c(=O)c2N)C1. The van der Waals surface area contributed by atoms with Crippen LogP contribution in [-0.4, -0.2) is 29.0 Å². The number of anilines is 2. The highest BCUT2D eigenvalue weighted by Gasteiger charge is 2.32. The normalized spacial score (nSPS) is 18.4. The molecule has 0 aromatic carbocycles. The molecule has 0 aliphatic carbocycles. The predicted molar refractivity (Wildman–Crippen MR) is 71.1 cm³/mol. The van der Waals surface area contributed by atoms with Crippen LogP contribution in [0.5, 0.6) is 0 Å². The maximum Gasteiger partial charge on any atom is 0.277 e. The van der Waals surface area contributed by atoms with E-state index in [2.05, 4.69) is 20.0 Å². The number of hydrogen-bond acceptors (Lipinski definition) is 5. The van der Waals surface area contributed by atoms with Crippen LogP contribution in [0.1, 0.15) is 6.42 Å². The highest BCUT2D eigenvalue weighted by atomic mass is 32.1. The first-order chi connectivity index (χ1) is 9.02. The summed E-state index contributed by atoms with van der Waals surface area (Å²) >= 11 is 4.85. The molecule has 1 saturated heterocycles. The zero-order valence-electron chi connectivity index (χ0n) is 9.79. The standard InChI is InChI=1S/C9H11N7O2S/c10-6-7(13-9(19)14-8(6)18)16-3-4(1-5(16)17)2-12-15-11/h4H,1-3,10H2,(H2,13,14,18,19). The van der Waals surface area contributed by atoms with Crippen molar-refractivity contribution in [1.82, 2.24) is 9.97 Å². The second-order valence-electron chi connectivity index (χ2n) is 4.16. The molecule has 4 N–H and O–H groups in total. The molecule has 0 bridgehead atoms. The molecule has 1 aromatic heterocycles. The molecule has 9 nitrogen and oxygen atoms in total. The number of amides is 1. The van der Waals surface area contributed by atoms with Gasteiger partial charge < -0.3 is 10.7 Å². The Morgan fingerprint density at radius 3 is 2.95 bits per heavy atom. The van der Waals surface area contributed by atoms with Crippen LogP contribution in [0.25, 0.3) is 10.4 Å². The molecule has 1 fully saturated rings. The zero-order valence-corrected chi connectivity index (χ0v) is 10.6. The molecule has 0 spiro atoms. The maximum absolute atomic E-state index is 11.9. The summed E-state index contributed by atoms with van der Waals surface area (Å²) in [6.45, 7) is 0.555. The third-order valence-corrected chi connectivity index (χ3v) is 3.04. The van der Waals surface area contributed by atoms with Gasteiger partial charge in [0.2, 0.25) is 5.91 Å². The molecule has 10 heteroatoms. The van der Waals surface area contributed by atoms with Crippen LogP contribution < -0.4 is 16.2 Å². The number of azide groups is 1. The van der Waals surface area contributed by atoms with Gasteiger partial charge in [-0.3, -0.25) is 19.5 Å². The molecule has 1 aliphatic heterocycles. The number of aromatic nitrogens is 2. The van der Waals surface area contributed by atoms with Gasteiger partial charge in [-0.05, 0) is 23.7 Å². The van der Waals surface area contributed by atoms with E-state index in [-0.39, 0.29) is 41.1 Å². The molecule has 19 heavy (non-hydrogen) atoms. The largest absolute Gasteiger partial charge is 0.391 e. The number of nitrogens with one attached hydrogen (secondary N) is 2. The Labute approximate surface area is 112 Å². The van der Waals surface area contributed by atoms with Crippen molar-refractivity contribution in [2.24, 2.45) is 11.0 Å². The summed E-state index contributed by atoms with van der Waals surface area (Å²) in [6.07, 6.45) is 0.242. The molecule has 0 radical (unpaired) electrons. The van der Waals surface area contributed by atoms with Crippen LogP contribution in [0.15, 0.2) is 9.91 Å². The summed E-state index contributed by atoms with van der Waals surface area (Å²) in [5.74, 6) is -0.0904. The topological polar surface area (TPSA) is 144 Å². The first-order valence-electron chi connectivity index (χ1n) is 5.46. The van der Waals surface area contributed by atoms with Crippen LogP contribution >= 0.6 is 12.2 Å². The number of carbonyl (C=O) groups is 1. The van der Waals surface area contributed by atoms with Crippen molar-refractivity contribution < 1.29 is 4.79 Å². The maximum atomic E-state index is 11.9. The van der Waals surface area contributed by atoms with E-state index < -0.39 is 5.56 Å². The Kier molecular flexibility index (Phi) is 3.54. The van der Waals surface area contributed by atoms with E-state index in [4.69, 9.17) is 23.5 Å². The number of nitrogens with two attached hydrogens (primary N) is 1. The van der Waals surface area contributed by atoms with Gasteiger partial charge in [0.1, 0.15) is 11.5 Å². The van der Waals surface area contributed by atoms with Gasteiger partial charge in [0.05, 0.1) is 0 Å². The van der Waals surface area contributed by atoms with E-state index in [1.807, 2.05) is 0 Å².